The molecule has 4 rings (SSSR count). The van der Waals surface area contributed by atoms with Crippen LogP contribution in [0.2, 0.25) is 0 Å². The smallest absolute Gasteiger partial charge is 0.265 e. The highest BCUT2D eigenvalue weighted by Crippen LogP contribution is 2.14. The Hall–Kier alpha value is -3.93. The van der Waals surface area contributed by atoms with Crippen molar-refractivity contribution in [2.45, 2.75) is 19.9 Å². The van der Waals surface area contributed by atoms with Gasteiger partial charge in [-0.2, -0.15) is 0 Å². The molecule has 0 fully saturated rings. The Morgan fingerprint density at radius 1 is 1.03 bits per heavy atom. The van der Waals surface area contributed by atoms with Crippen LogP contribution in [0.25, 0.3) is 11.0 Å². The highest BCUT2D eigenvalue weighted by molar-refractivity contribution is 5.96. The monoisotopic (exact) mass is 427 g/mol. The Morgan fingerprint density at radius 3 is 2.47 bits per heavy atom. The van der Waals surface area contributed by atoms with Crippen LogP contribution in [0.5, 0.6) is 5.75 Å². The van der Waals surface area contributed by atoms with Crippen molar-refractivity contribution in [2.75, 3.05) is 13.7 Å². The van der Waals surface area contributed by atoms with E-state index in [-0.39, 0.29) is 17.0 Å². The first kappa shape index (κ1) is 21.3. The van der Waals surface area contributed by atoms with Gasteiger partial charge in [-0.25, -0.2) is 4.98 Å². The summed E-state index contributed by atoms with van der Waals surface area (Å²) in [7, 11) is 1.62. The molecule has 2 aromatic carbocycles. The number of nitrogens with zero attached hydrogens (tertiary/aromatic N) is 2. The highest BCUT2D eigenvalue weighted by atomic mass is 16.5. The van der Waals surface area contributed by atoms with E-state index in [1.165, 1.54) is 0 Å². The van der Waals surface area contributed by atoms with Gasteiger partial charge < -0.3 is 10.1 Å². The number of carbonyl (C=O) groups is 1. The van der Waals surface area contributed by atoms with Gasteiger partial charge in [0.05, 0.1) is 13.7 Å². The number of carbonyl (C=O) groups excluding carboxylic acids is 1. The summed E-state index contributed by atoms with van der Waals surface area (Å²) in [5.74, 6) is 0.406. The quantitative estimate of drug-likeness (QED) is 0.488. The van der Waals surface area contributed by atoms with E-state index < -0.39 is 0 Å². The van der Waals surface area contributed by atoms with Gasteiger partial charge in [0.1, 0.15) is 17.0 Å². The number of amides is 1. The third-order valence-corrected chi connectivity index (χ3v) is 5.41. The fourth-order valence-electron chi connectivity index (χ4n) is 3.60. The van der Waals surface area contributed by atoms with Gasteiger partial charge in [-0.05, 0) is 54.8 Å². The van der Waals surface area contributed by atoms with Crippen molar-refractivity contribution >= 4 is 16.9 Å². The van der Waals surface area contributed by atoms with Gasteiger partial charge >= 0.3 is 0 Å². The van der Waals surface area contributed by atoms with Crippen molar-refractivity contribution in [1.29, 1.82) is 0 Å². The maximum Gasteiger partial charge on any atom is 0.265 e. The van der Waals surface area contributed by atoms with E-state index in [0.29, 0.717) is 25.2 Å². The normalized spacial score (nSPS) is 10.8. The summed E-state index contributed by atoms with van der Waals surface area (Å²) in [4.78, 5) is 30.5. The number of nitrogens with one attached hydrogen (secondary N) is 1. The second-order valence-corrected chi connectivity index (χ2v) is 7.71. The van der Waals surface area contributed by atoms with Crippen LogP contribution in [-0.2, 0) is 13.0 Å². The average Bonchev–Trinajstić information content (AvgIpc) is 2.82. The molecule has 0 spiro atoms. The molecular formula is C26H25N3O3. The minimum absolute atomic E-state index is 0.118. The number of aryl methyl sites for hydroxylation is 1. The molecule has 0 radical (unpaired) electrons. The van der Waals surface area contributed by atoms with E-state index in [9.17, 15) is 9.59 Å². The number of rotatable bonds is 7. The average molecular weight is 428 g/mol. The summed E-state index contributed by atoms with van der Waals surface area (Å²) in [5.41, 5.74) is 3.53. The topological polar surface area (TPSA) is 73.2 Å². The summed E-state index contributed by atoms with van der Waals surface area (Å²) >= 11 is 0. The Kier molecular flexibility index (Phi) is 6.31. The minimum Gasteiger partial charge on any atom is -0.497 e. The third kappa shape index (κ3) is 4.70. The van der Waals surface area contributed by atoms with Crippen LogP contribution >= 0.6 is 0 Å². The fraction of sp³-hybridized carbons (Fsp3) is 0.192. The molecule has 6 nitrogen and oxygen atoms in total. The number of benzene rings is 2. The molecule has 1 N–H and O–H groups in total. The van der Waals surface area contributed by atoms with Crippen LogP contribution < -0.4 is 15.6 Å². The number of hydrogen-bond donors (Lipinski definition) is 1. The first-order valence-corrected chi connectivity index (χ1v) is 10.5. The zero-order chi connectivity index (χ0) is 22.5. The van der Waals surface area contributed by atoms with Crippen molar-refractivity contribution in [2.24, 2.45) is 0 Å². The Bertz CT molecular complexity index is 1290. The summed E-state index contributed by atoms with van der Waals surface area (Å²) in [6.45, 7) is 2.79. The molecule has 4 aromatic rings. The highest BCUT2D eigenvalue weighted by Gasteiger charge is 2.16. The third-order valence-electron chi connectivity index (χ3n) is 5.41. The van der Waals surface area contributed by atoms with Gasteiger partial charge in [0.25, 0.3) is 11.5 Å². The van der Waals surface area contributed by atoms with Gasteiger partial charge in [0, 0.05) is 18.1 Å². The molecule has 162 valence electrons. The number of fused-ring (bicyclic) bond motifs is 1. The zero-order valence-electron chi connectivity index (χ0n) is 18.2. The van der Waals surface area contributed by atoms with E-state index >= 15 is 0 Å². The summed E-state index contributed by atoms with van der Waals surface area (Å²) < 4.78 is 6.73. The largest absolute Gasteiger partial charge is 0.497 e. The van der Waals surface area contributed by atoms with Gasteiger partial charge in [-0.3, -0.25) is 14.2 Å². The molecule has 0 saturated carbocycles. The zero-order valence-corrected chi connectivity index (χ0v) is 18.2. The predicted molar refractivity (Wildman–Crippen MR) is 125 cm³/mol. The van der Waals surface area contributed by atoms with Crippen LogP contribution in [0, 0.1) is 6.92 Å². The van der Waals surface area contributed by atoms with Crippen molar-refractivity contribution in [3.63, 3.8) is 0 Å². The molecule has 0 aliphatic heterocycles. The van der Waals surface area contributed by atoms with Crippen molar-refractivity contribution in [1.82, 2.24) is 14.9 Å². The van der Waals surface area contributed by atoms with E-state index in [2.05, 4.69) is 10.3 Å². The van der Waals surface area contributed by atoms with Crippen LogP contribution in [0.1, 0.15) is 27.0 Å². The Balaban J connectivity index is 1.57. The number of hydrogen-bond acceptors (Lipinski definition) is 4. The fourth-order valence-corrected chi connectivity index (χ4v) is 3.60. The number of pyridine rings is 2. The van der Waals surface area contributed by atoms with Crippen LogP contribution in [0.3, 0.4) is 0 Å². The van der Waals surface area contributed by atoms with Crippen molar-refractivity contribution in [3.05, 3.63) is 106 Å². The maximum absolute atomic E-state index is 13.2. The van der Waals surface area contributed by atoms with E-state index in [1.54, 1.807) is 30.0 Å². The van der Waals surface area contributed by atoms with E-state index in [1.807, 2.05) is 61.5 Å². The van der Waals surface area contributed by atoms with E-state index in [0.717, 1.165) is 27.8 Å². The lowest BCUT2D eigenvalue weighted by molar-refractivity contribution is 0.0952. The predicted octanol–water partition coefficient (Wildman–Crippen LogP) is 3.73. The molecule has 32 heavy (non-hydrogen) atoms. The first-order chi connectivity index (χ1) is 15.5. The molecule has 2 aromatic heterocycles. The minimum atomic E-state index is -0.382. The second kappa shape index (κ2) is 9.47. The molecule has 0 saturated heterocycles. The molecule has 0 aliphatic carbocycles. The molecule has 6 heteroatoms. The summed E-state index contributed by atoms with van der Waals surface area (Å²) in [6.07, 6.45) is 2.31. The standard InChI is InChI=1S/C26H25N3O3/c1-18-5-7-20(8-6-18)17-29-24-21(4-3-14-27-24)16-23(26(29)31)25(30)28-15-13-19-9-11-22(32-2)12-10-19/h3-12,14,16H,13,15,17H2,1-2H3,(H,28,30). The van der Waals surface area contributed by atoms with Gasteiger partial charge in [-0.1, -0.05) is 42.0 Å². The molecule has 2 heterocycles. The number of aromatic nitrogens is 2. The van der Waals surface area contributed by atoms with E-state index in [4.69, 9.17) is 4.74 Å². The molecule has 0 aliphatic rings. The molecule has 1 amide bonds. The lowest BCUT2D eigenvalue weighted by Gasteiger charge is -2.13. The van der Waals surface area contributed by atoms with Crippen LogP contribution in [0.4, 0.5) is 0 Å². The van der Waals surface area contributed by atoms with Crippen LogP contribution in [0.15, 0.2) is 77.7 Å². The number of ether oxygens (including phenoxy) is 1. The lowest BCUT2D eigenvalue weighted by atomic mass is 10.1. The Morgan fingerprint density at radius 2 is 1.75 bits per heavy atom. The van der Waals surface area contributed by atoms with Gasteiger partial charge in [-0.15, -0.1) is 0 Å². The van der Waals surface area contributed by atoms with Gasteiger partial charge in [0.15, 0.2) is 0 Å². The SMILES string of the molecule is COc1ccc(CCNC(=O)c2cc3cccnc3n(Cc3ccc(C)cc3)c2=O)cc1. The molecule has 0 bridgehead atoms. The second-order valence-electron chi connectivity index (χ2n) is 7.71. The molecule has 0 atom stereocenters. The summed E-state index contributed by atoms with van der Waals surface area (Å²) in [6, 6.07) is 21.0. The Labute approximate surface area is 186 Å². The maximum atomic E-state index is 13.2. The first-order valence-electron chi connectivity index (χ1n) is 10.5. The molecular weight excluding hydrogens is 402 g/mol. The lowest BCUT2D eigenvalue weighted by Crippen LogP contribution is -2.34. The summed E-state index contributed by atoms with van der Waals surface area (Å²) in [5, 5.41) is 3.63. The van der Waals surface area contributed by atoms with Crippen molar-refractivity contribution < 1.29 is 9.53 Å². The van der Waals surface area contributed by atoms with Gasteiger partial charge in [0.2, 0.25) is 0 Å². The molecule has 0 unspecified atom stereocenters. The van der Waals surface area contributed by atoms with Crippen LogP contribution in [-0.4, -0.2) is 29.1 Å². The van der Waals surface area contributed by atoms with Crippen molar-refractivity contribution in [3.8, 4) is 5.75 Å². The number of methoxy groups -OCH3 is 1.